The van der Waals surface area contributed by atoms with Gasteiger partial charge in [-0.05, 0) is 25.1 Å². The highest BCUT2D eigenvalue weighted by Crippen LogP contribution is 2.38. The average Bonchev–Trinajstić information content (AvgIpc) is 2.71. The lowest BCUT2D eigenvalue weighted by atomic mass is 10.2. The Morgan fingerprint density at radius 3 is 2.74 bits per heavy atom. The van der Waals surface area contributed by atoms with Gasteiger partial charge in [0.25, 0.3) is 0 Å². The summed E-state index contributed by atoms with van der Waals surface area (Å²) in [6.45, 7) is 2.11. The van der Waals surface area contributed by atoms with E-state index in [4.69, 9.17) is 10.5 Å². The highest BCUT2D eigenvalue weighted by atomic mass is 79.9. The number of ether oxygens (including phenoxy) is 1. The first-order valence-electron chi connectivity index (χ1n) is 5.54. The van der Waals surface area contributed by atoms with Crippen molar-refractivity contribution in [3.8, 4) is 10.4 Å². The number of esters is 1. The van der Waals surface area contributed by atoms with E-state index < -0.39 is 0 Å². The molecule has 6 heteroatoms. The van der Waals surface area contributed by atoms with Crippen molar-refractivity contribution in [2.24, 2.45) is 0 Å². The molecule has 0 bridgehead atoms. The summed E-state index contributed by atoms with van der Waals surface area (Å²) in [4.78, 5) is 13.1. The first-order chi connectivity index (χ1) is 9.02. The summed E-state index contributed by atoms with van der Waals surface area (Å²) < 4.78 is 6.91. The smallest absolute Gasteiger partial charge is 0.350 e. The molecular formula is C13H11Br2NO2S. The fourth-order valence-corrected chi connectivity index (χ4v) is 3.99. The predicted molar refractivity (Wildman–Crippen MR) is 85.5 cm³/mol. The molecule has 0 aliphatic carbocycles. The molecule has 1 aromatic heterocycles. The van der Waals surface area contributed by atoms with Crippen molar-refractivity contribution in [1.82, 2.24) is 0 Å². The van der Waals surface area contributed by atoms with Crippen LogP contribution in [0.15, 0.2) is 33.2 Å². The van der Waals surface area contributed by atoms with Gasteiger partial charge < -0.3 is 10.5 Å². The van der Waals surface area contributed by atoms with Gasteiger partial charge in [-0.25, -0.2) is 4.79 Å². The molecule has 0 spiro atoms. The molecule has 3 nitrogen and oxygen atoms in total. The van der Waals surface area contributed by atoms with Crippen molar-refractivity contribution < 1.29 is 9.53 Å². The molecule has 19 heavy (non-hydrogen) atoms. The lowest BCUT2D eigenvalue weighted by Crippen LogP contribution is -2.04. The number of thiophene rings is 1. The van der Waals surface area contributed by atoms with Gasteiger partial charge in [0.05, 0.1) is 12.3 Å². The number of carbonyl (C=O) groups excluding carboxylic acids is 1. The number of anilines is 1. The van der Waals surface area contributed by atoms with Crippen LogP contribution < -0.4 is 5.73 Å². The lowest BCUT2D eigenvalue weighted by Gasteiger charge is -2.02. The molecule has 1 heterocycles. The summed E-state index contributed by atoms with van der Waals surface area (Å²) >= 11 is 8.25. The Kier molecular flexibility index (Phi) is 4.65. The van der Waals surface area contributed by atoms with Gasteiger partial charge in [0.2, 0.25) is 0 Å². The van der Waals surface area contributed by atoms with Gasteiger partial charge in [0, 0.05) is 19.4 Å². The van der Waals surface area contributed by atoms with E-state index in [2.05, 4.69) is 31.9 Å². The first-order valence-corrected chi connectivity index (χ1v) is 7.95. The van der Waals surface area contributed by atoms with Crippen molar-refractivity contribution >= 4 is 54.9 Å². The number of nitrogens with two attached hydrogens (primary N) is 1. The second kappa shape index (κ2) is 6.07. The highest BCUT2D eigenvalue weighted by Gasteiger charge is 2.17. The van der Waals surface area contributed by atoms with Crippen molar-refractivity contribution in [3.63, 3.8) is 0 Å². The van der Waals surface area contributed by atoms with Gasteiger partial charge >= 0.3 is 5.97 Å². The minimum Gasteiger partial charge on any atom is -0.462 e. The molecule has 1 aromatic carbocycles. The van der Waals surface area contributed by atoms with Crippen LogP contribution in [0.25, 0.3) is 10.4 Å². The van der Waals surface area contributed by atoms with E-state index in [-0.39, 0.29) is 5.97 Å². The molecular weight excluding hydrogens is 394 g/mol. The standard InChI is InChI=1S/C13H11Br2NO2S/c1-2-18-13(17)12-10(16)6-11(19-12)8-4-3-7(14)5-9(8)15/h3-6H,2,16H2,1H3. The van der Waals surface area contributed by atoms with E-state index in [9.17, 15) is 4.79 Å². The molecule has 100 valence electrons. The zero-order chi connectivity index (χ0) is 14.0. The van der Waals surface area contributed by atoms with Crippen LogP contribution in [0.4, 0.5) is 5.69 Å². The summed E-state index contributed by atoms with van der Waals surface area (Å²) in [5, 5.41) is 0. The number of hydrogen-bond acceptors (Lipinski definition) is 4. The fraction of sp³-hybridized carbons (Fsp3) is 0.154. The maximum Gasteiger partial charge on any atom is 0.350 e. The first kappa shape index (κ1) is 14.6. The van der Waals surface area contributed by atoms with Crippen LogP contribution in [-0.2, 0) is 4.74 Å². The quantitative estimate of drug-likeness (QED) is 0.754. The van der Waals surface area contributed by atoms with Crippen LogP contribution in [0.1, 0.15) is 16.6 Å². The molecule has 0 fully saturated rings. The molecule has 2 rings (SSSR count). The van der Waals surface area contributed by atoms with Crippen molar-refractivity contribution in [3.05, 3.63) is 38.1 Å². The zero-order valence-electron chi connectivity index (χ0n) is 10.1. The average molecular weight is 405 g/mol. The van der Waals surface area contributed by atoms with Gasteiger partial charge in [-0.1, -0.05) is 37.9 Å². The van der Waals surface area contributed by atoms with Crippen molar-refractivity contribution in [2.75, 3.05) is 12.3 Å². The van der Waals surface area contributed by atoms with Gasteiger partial charge in [0.1, 0.15) is 4.88 Å². The molecule has 0 saturated heterocycles. The summed E-state index contributed by atoms with van der Waals surface area (Å²) in [5.41, 5.74) is 7.32. The minimum atomic E-state index is -0.371. The lowest BCUT2D eigenvalue weighted by molar-refractivity contribution is 0.0533. The molecule has 0 unspecified atom stereocenters. The third-order valence-electron chi connectivity index (χ3n) is 2.42. The highest BCUT2D eigenvalue weighted by molar-refractivity contribution is 9.11. The summed E-state index contributed by atoms with van der Waals surface area (Å²) in [7, 11) is 0. The maximum absolute atomic E-state index is 11.7. The molecule has 0 aliphatic heterocycles. The van der Waals surface area contributed by atoms with Gasteiger partial charge in [-0.15, -0.1) is 11.3 Å². The van der Waals surface area contributed by atoms with Crippen molar-refractivity contribution in [1.29, 1.82) is 0 Å². The van der Waals surface area contributed by atoms with Gasteiger partial charge in [-0.2, -0.15) is 0 Å². The van der Waals surface area contributed by atoms with Gasteiger partial charge in [0.15, 0.2) is 0 Å². The summed E-state index contributed by atoms with van der Waals surface area (Å²) in [6, 6.07) is 7.66. The Hall–Kier alpha value is -0.850. The summed E-state index contributed by atoms with van der Waals surface area (Å²) in [5.74, 6) is -0.371. The van der Waals surface area contributed by atoms with E-state index in [1.54, 1.807) is 13.0 Å². The third-order valence-corrected chi connectivity index (χ3v) is 4.73. The molecule has 2 aromatic rings. The molecule has 0 aliphatic rings. The monoisotopic (exact) mass is 403 g/mol. The summed E-state index contributed by atoms with van der Waals surface area (Å²) in [6.07, 6.45) is 0. The fourth-order valence-electron chi connectivity index (χ4n) is 1.58. The number of hydrogen-bond donors (Lipinski definition) is 1. The Morgan fingerprint density at radius 1 is 1.37 bits per heavy atom. The maximum atomic E-state index is 11.7. The minimum absolute atomic E-state index is 0.341. The molecule has 0 atom stereocenters. The van der Waals surface area contributed by atoms with Crippen LogP contribution in [0.3, 0.4) is 0 Å². The van der Waals surface area contributed by atoms with E-state index in [1.165, 1.54) is 11.3 Å². The number of halogens is 2. The molecule has 2 N–H and O–H groups in total. The van der Waals surface area contributed by atoms with Crippen LogP contribution >= 0.6 is 43.2 Å². The number of carbonyl (C=O) groups is 1. The molecule has 0 radical (unpaired) electrons. The van der Waals surface area contributed by atoms with E-state index in [0.717, 1.165) is 19.4 Å². The van der Waals surface area contributed by atoms with Crippen LogP contribution in [0.5, 0.6) is 0 Å². The predicted octanol–water partition coefficient (Wildman–Crippen LogP) is 4.70. The third kappa shape index (κ3) is 3.19. The molecule has 0 saturated carbocycles. The van der Waals surface area contributed by atoms with E-state index in [1.807, 2.05) is 18.2 Å². The zero-order valence-corrected chi connectivity index (χ0v) is 14.1. The number of benzene rings is 1. The largest absolute Gasteiger partial charge is 0.462 e. The normalized spacial score (nSPS) is 10.5. The van der Waals surface area contributed by atoms with Crippen LogP contribution in [0, 0.1) is 0 Å². The van der Waals surface area contributed by atoms with E-state index in [0.29, 0.717) is 17.2 Å². The van der Waals surface area contributed by atoms with Gasteiger partial charge in [-0.3, -0.25) is 0 Å². The second-order valence-corrected chi connectivity index (χ2v) is 6.56. The molecule has 0 amide bonds. The second-order valence-electron chi connectivity index (χ2n) is 3.74. The number of nitrogen functional groups attached to an aromatic ring is 1. The van der Waals surface area contributed by atoms with Crippen molar-refractivity contribution in [2.45, 2.75) is 6.92 Å². The topological polar surface area (TPSA) is 52.3 Å². The Labute approximate surface area is 132 Å². The SMILES string of the molecule is CCOC(=O)c1sc(-c2ccc(Br)cc2Br)cc1N. The Bertz CT molecular complexity index is 625. The number of rotatable bonds is 3. The van der Waals surface area contributed by atoms with Crippen LogP contribution in [0.2, 0.25) is 0 Å². The Balaban J connectivity index is 2.42. The Morgan fingerprint density at radius 2 is 2.11 bits per heavy atom. The van der Waals surface area contributed by atoms with Crippen LogP contribution in [-0.4, -0.2) is 12.6 Å². The van der Waals surface area contributed by atoms with E-state index >= 15 is 0 Å².